The van der Waals surface area contributed by atoms with Crippen molar-refractivity contribution in [1.82, 2.24) is 34.6 Å². The summed E-state index contributed by atoms with van der Waals surface area (Å²) in [5.41, 5.74) is 4.21. The van der Waals surface area contributed by atoms with Gasteiger partial charge in [-0.1, -0.05) is 5.21 Å². The molecule has 9 heteroatoms. The monoisotopic (exact) mass is 323 g/mol. The van der Waals surface area contributed by atoms with E-state index < -0.39 is 0 Å². The molecule has 2 N–H and O–H groups in total. The lowest BCUT2D eigenvalue weighted by Crippen LogP contribution is -2.06. The van der Waals surface area contributed by atoms with Crippen LogP contribution >= 0.6 is 0 Å². The molecular formula is C15H17N9. The highest BCUT2D eigenvalue weighted by Crippen LogP contribution is 2.29. The zero-order valence-corrected chi connectivity index (χ0v) is 13.6. The van der Waals surface area contributed by atoms with Crippen molar-refractivity contribution in [3.8, 4) is 11.3 Å². The first kappa shape index (κ1) is 14.4. The second kappa shape index (κ2) is 5.44. The lowest BCUT2D eigenvalue weighted by Gasteiger charge is -2.08. The van der Waals surface area contributed by atoms with Gasteiger partial charge in [-0.05, 0) is 25.1 Å². The van der Waals surface area contributed by atoms with E-state index in [4.69, 9.17) is 4.98 Å². The van der Waals surface area contributed by atoms with Crippen LogP contribution in [-0.2, 0) is 6.54 Å². The molecule has 0 aliphatic carbocycles. The van der Waals surface area contributed by atoms with Crippen LogP contribution in [0.4, 0.5) is 11.8 Å². The minimum absolute atomic E-state index is 0.547. The molecule has 0 amide bonds. The highest BCUT2D eigenvalue weighted by atomic mass is 15.4. The van der Waals surface area contributed by atoms with Crippen molar-refractivity contribution in [1.29, 1.82) is 0 Å². The normalized spacial score (nSPS) is 11.3. The number of nitrogens with zero attached hydrogens (tertiary/aromatic N) is 7. The van der Waals surface area contributed by atoms with Crippen LogP contribution < -0.4 is 10.6 Å². The van der Waals surface area contributed by atoms with E-state index in [1.165, 1.54) is 0 Å². The van der Waals surface area contributed by atoms with Crippen LogP contribution in [0.3, 0.4) is 0 Å². The van der Waals surface area contributed by atoms with Crippen LogP contribution in [0.5, 0.6) is 0 Å². The third-order valence-electron chi connectivity index (χ3n) is 3.91. The molecule has 0 aliphatic heterocycles. The highest BCUT2D eigenvalue weighted by Gasteiger charge is 2.15. The van der Waals surface area contributed by atoms with E-state index in [1.54, 1.807) is 16.2 Å². The number of hydrogen-bond donors (Lipinski definition) is 2. The number of anilines is 2. The van der Waals surface area contributed by atoms with Gasteiger partial charge >= 0.3 is 0 Å². The molecule has 9 nitrogen and oxygen atoms in total. The van der Waals surface area contributed by atoms with Crippen LogP contribution in [0.2, 0.25) is 0 Å². The Morgan fingerprint density at radius 2 is 1.96 bits per heavy atom. The van der Waals surface area contributed by atoms with Crippen molar-refractivity contribution in [2.24, 2.45) is 0 Å². The predicted octanol–water partition coefficient (Wildman–Crippen LogP) is 1.64. The Hall–Kier alpha value is -3.23. The van der Waals surface area contributed by atoms with Gasteiger partial charge in [0.2, 0.25) is 5.95 Å². The van der Waals surface area contributed by atoms with Gasteiger partial charge in [-0.15, -0.1) is 10.2 Å². The molecule has 24 heavy (non-hydrogen) atoms. The summed E-state index contributed by atoms with van der Waals surface area (Å²) in [6, 6.07) is 5.86. The maximum Gasteiger partial charge on any atom is 0.242 e. The molecule has 0 saturated carbocycles. The Balaban J connectivity index is 1.96. The highest BCUT2D eigenvalue weighted by molar-refractivity contribution is 5.89. The number of rotatable bonds is 4. The smallest absolute Gasteiger partial charge is 0.242 e. The van der Waals surface area contributed by atoms with Crippen LogP contribution in [0.15, 0.2) is 24.4 Å². The summed E-state index contributed by atoms with van der Waals surface area (Å²) in [6.45, 7) is 2.74. The number of hydrogen-bond acceptors (Lipinski definition) is 7. The topological polar surface area (TPSA) is 97.9 Å². The van der Waals surface area contributed by atoms with Gasteiger partial charge in [0.05, 0.1) is 5.69 Å². The van der Waals surface area contributed by atoms with Gasteiger partial charge in [-0.2, -0.15) is 4.98 Å². The van der Waals surface area contributed by atoms with Crippen LogP contribution in [-0.4, -0.2) is 48.7 Å². The van der Waals surface area contributed by atoms with Gasteiger partial charge in [-0.25, -0.2) is 14.2 Å². The zero-order chi connectivity index (χ0) is 16.7. The first-order valence-corrected chi connectivity index (χ1v) is 7.70. The van der Waals surface area contributed by atoms with Gasteiger partial charge in [0.15, 0.2) is 11.5 Å². The number of aryl methyl sites for hydroxylation is 1. The average Bonchev–Trinajstić information content (AvgIpc) is 3.23. The molecule has 4 aromatic rings. The number of nitrogens with one attached hydrogen (secondary N) is 2. The molecule has 4 rings (SSSR count). The van der Waals surface area contributed by atoms with Crippen LogP contribution in [0.25, 0.3) is 27.9 Å². The number of fused-ring (bicyclic) bond motifs is 2. The van der Waals surface area contributed by atoms with Gasteiger partial charge in [0.25, 0.3) is 0 Å². The van der Waals surface area contributed by atoms with E-state index >= 15 is 0 Å². The second-order valence-electron chi connectivity index (χ2n) is 5.25. The van der Waals surface area contributed by atoms with Gasteiger partial charge in [0.1, 0.15) is 11.0 Å². The van der Waals surface area contributed by atoms with Crippen LogP contribution in [0, 0.1) is 0 Å². The van der Waals surface area contributed by atoms with Gasteiger partial charge in [0, 0.05) is 32.4 Å². The van der Waals surface area contributed by atoms with Crippen molar-refractivity contribution in [2.45, 2.75) is 13.5 Å². The van der Waals surface area contributed by atoms with Crippen molar-refractivity contribution < 1.29 is 0 Å². The van der Waals surface area contributed by atoms with E-state index in [0.717, 1.165) is 40.3 Å². The fourth-order valence-electron chi connectivity index (χ4n) is 2.73. The second-order valence-corrected chi connectivity index (χ2v) is 5.25. The van der Waals surface area contributed by atoms with Crippen molar-refractivity contribution in [3.63, 3.8) is 0 Å². The van der Waals surface area contributed by atoms with E-state index in [9.17, 15) is 0 Å². The molecule has 0 atom stereocenters. The summed E-state index contributed by atoms with van der Waals surface area (Å²) < 4.78 is 3.58. The molecule has 0 radical (unpaired) electrons. The molecule has 0 saturated heterocycles. The Bertz CT molecular complexity index is 1030. The Morgan fingerprint density at radius 3 is 2.71 bits per heavy atom. The fourth-order valence-corrected chi connectivity index (χ4v) is 2.73. The minimum atomic E-state index is 0.547. The molecule has 0 fully saturated rings. The maximum absolute atomic E-state index is 4.74. The van der Waals surface area contributed by atoms with Crippen LogP contribution in [0.1, 0.15) is 6.92 Å². The molecule has 0 aromatic carbocycles. The van der Waals surface area contributed by atoms with Crippen molar-refractivity contribution in [2.75, 3.05) is 24.7 Å². The largest absolute Gasteiger partial charge is 0.371 e. The molecule has 122 valence electrons. The lowest BCUT2D eigenvalue weighted by molar-refractivity contribution is 0.641. The molecule has 0 bridgehead atoms. The summed E-state index contributed by atoms with van der Waals surface area (Å²) in [7, 11) is 3.63. The van der Waals surface area contributed by atoms with E-state index in [2.05, 4.69) is 31.0 Å². The lowest BCUT2D eigenvalue weighted by atomic mass is 10.2. The summed E-state index contributed by atoms with van der Waals surface area (Å²) in [4.78, 5) is 9.21. The first-order valence-electron chi connectivity index (χ1n) is 7.70. The minimum Gasteiger partial charge on any atom is -0.371 e. The van der Waals surface area contributed by atoms with E-state index in [-0.39, 0.29) is 0 Å². The first-order chi connectivity index (χ1) is 11.7. The predicted molar refractivity (Wildman–Crippen MR) is 92.1 cm³/mol. The summed E-state index contributed by atoms with van der Waals surface area (Å²) in [5, 5.41) is 18.8. The summed E-state index contributed by atoms with van der Waals surface area (Å²) in [5.74, 6) is 1.28. The quantitative estimate of drug-likeness (QED) is 0.589. The van der Waals surface area contributed by atoms with E-state index in [0.29, 0.717) is 5.95 Å². The molecule has 4 aromatic heterocycles. The number of pyridine rings is 1. The summed E-state index contributed by atoms with van der Waals surface area (Å²) in [6.07, 6.45) is 1.90. The molecule has 4 heterocycles. The van der Waals surface area contributed by atoms with Gasteiger partial charge < -0.3 is 10.6 Å². The van der Waals surface area contributed by atoms with Crippen molar-refractivity contribution >= 4 is 28.4 Å². The summed E-state index contributed by atoms with van der Waals surface area (Å²) >= 11 is 0. The molecule has 0 spiro atoms. The Labute approximate surface area is 137 Å². The SMILES string of the molecule is CCn1nnc2ccc(-c3ccn4nc(NC)nc(NC)c34)nc21. The van der Waals surface area contributed by atoms with Crippen molar-refractivity contribution in [3.05, 3.63) is 24.4 Å². The third kappa shape index (κ3) is 2.05. The molecule has 0 unspecified atom stereocenters. The standard InChI is InChI=1S/C15H17N9/c1-4-23-14-11(20-22-23)6-5-10(18-14)9-7-8-24-12(9)13(16-2)19-15(17-3)21-24/h5-8H,4H2,1-3H3,(H2,16,17,19,21). The Morgan fingerprint density at radius 1 is 1.08 bits per heavy atom. The van der Waals surface area contributed by atoms with Gasteiger partial charge in [-0.3, -0.25) is 0 Å². The third-order valence-corrected chi connectivity index (χ3v) is 3.91. The van der Waals surface area contributed by atoms with E-state index in [1.807, 2.05) is 38.4 Å². The average molecular weight is 323 g/mol. The molecule has 0 aliphatic rings. The number of aromatic nitrogens is 7. The fraction of sp³-hybridized carbons (Fsp3) is 0.267. The Kier molecular flexibility index (Phi) is 3.26. The maximum atomic E-state index is 4.74. The zero-order valence-electron chi connectivity index (χ0n) is 13.6. The molecular weight excluding hydrogens is 306 g/mol.